The Kier molecular flexibility index (Phi) is 6.85. The average Bonchev–Trinajstić information content (AvgIpc) is 2.58. The Hall–Kier alpha value is -0.870. The highest BCUT2D eigenvalue weighted by Gasteiger charge is 2.49. The van der Waals surface area contributed by atoms with Gasteiger partial charge in [-0.15, -0.1) is 0 Å². The lowest BCUT2D eigenvalue weighted by molar-refractivity contribution is -0.310. The largest absolute Gasteiger partial charge is 0.394 e. The van der Waals surface area contributed by atoms with Crippen LogP contribution in [0.15, 0.2) is 11.6 Å². The first kappa shape index (κ1) is 22.4. The predicted octanol–water partition coefficient (Wildman–Crippen LogP) is -0.352. The number of carbonyl (C=O) groups excluding carboxylic acids is 1. The Morgan fingerprint density at radius 2 is 1.89 bits per heavy atom. The maximum Gasteiger partial charge on any atom is 0.186 e. The van der Waals surface area contributed by atoms with E-state index >= 15 is 0 Å². The lowest BCUT2D eigenvalue weighted by atomic mass is 9.63. The highest BCUT2D eigenvalue weighted by Crippen LogP contribution is 2.46. The number of rotatable bonds is 6. The van der Waals surface area contributed by atoms with E-state index in [0.29, 0.717) is 18.4 Å². The van der Waals surface area contributed by atoms with Crippen molar-refractivity contribution in [3.8, 4) is 0 Å². The van der Waals surface area contributed by atoms with E-state index in [9.17, 15) is 30.3 Å². The van der Waals surface area contributed by atoms with Crippen LogP contribution in [0.4, 0.5) is 0 Å². The second-order valence-corrected chi connectivity index (χ2v) is 8.40. The van der Waals surface area contributed by atoms with Gasteiger partial charge in [0, 0.05) is 11.8 Å². The number of allylic oxidation sites excluding steroid dienone is 1. The van der Waals surface area contributed by atoms with Crippen LogP contribution in [0.3, 0.4) is 0 Å². The van der Waals surface area contributed by atoms with Crippen LogP contribution < -0.4 is 0 Å². The van der Waals surface area contributed by atoms with Crippen molar-refractivity contribution in [1.29, 1.82) is 0 Å². The fourth-order valence-corrected chi connectivity index (χ4v) is 3.95. The monoisotopic (exact) mass is 388 g/mol. The van der Waals surface area contributed by atoms with E-state index in [1.807, 2.05) is 13.8 Å². The van der Waals surface area contributed by atoms with Crippen molar-refractivity contribution < 1.29 is 39.8 Å². The first-order valence-electron chi connectivity index (χ1n) is 9.33. The van der Waals surface area contributed by atoms with Gasteiger partial charge < -0.3 is 35.0 Å². The zero-order valence-electron chi connectivity index (χ0n) is 16.3. The summed E-state index contributed by atoms with van der Waals surface area (Å²) in [6.07, 6.45) is -4.59. The summed E-state index contributed by atoms with van der Waals surface area (Å²) in [6.45, 7) is 6.66. The normalized spacial score (nSPS) is 40.6. The standard InChI is InChI=1S/C19H32O8/c1-10-7-12(21)8-18(3,4)19(10,25)6-5-11(2)26-17-16(24)15(23)14(22)13(9-20)27-17/h7,11,13-17,20,22-25H,5-6,8-9H2,1-4H3/t11-,13+,14+,15-,16+,17+,19-/m1/s1. The maximum atomic E-state index is 11.8. The van der Waals surface area contributed by atoms with Gasteiger partial charge in [-0.3, -0.25) is 4.79 Å². The molecule has 8 nitrogen and oxygen atoms in total. The summed E-state index contributed by atoms with van der Waals surface area (Å²) >= 11 is 0. The quantitative estimate of drug-likeness (QED) is 0.416. The molecule has 0 aromatic carbocycles. The van der Waals surface area contributed by atoms with Gasteiger partial charge in [0.25, 0.3) is 0 Å². The van der Waals surface area contributed by atoms with Crippen molar-refractivity contribution in [2.75, 3.05) is 6.61 Å². The lowest BCUT2D eigenvalue weighted by Gasteiger charge is -2.46. The van der Waals surface area contributed by atoms with Gasteiger partial charge in [0.2, 0.25) is 0 Å². The predicted molar refractivity (Wildman–Crippen MR) is 95.7 cm³/mol. The van der Waals surface area contributed by atoms with Crippen LogP contribution in [0, 0.1) is 5.41 Å². The molecule has 0 spiro atoms. The Balaban J connectivity index is 2.00. The van der Waals surface area contributed by atoms with E-state index in [4.69, 9.17) is 9.47 Å². The van der Waals surface area contributed by atoms with Crippen LogP contribution in [0.25, 0.3) is 0 Å². The first-order chi connectivity index (χ1) is 12.4. The molecule has 8 heteroatoms. The summed E-state index contributed by atoms with van der Waals surface area (Å²) in [4.78, 5) is 11.8. The molecule has 2 rings (SSSR count). The summed E-state index contributed by atoms with van der Waals surface area (Å²) in [5.41, 5.74) is -1.16. The third-order valence-corrected chi connectivity index (χ3v) is 5.89. The Bertz CT molecular complexity index is 572. The molecule has 1 saturated heterocycles. The smallest absolute Gasteiger partial charge is 0.186 e. The van der Waals surface area contributed by atoms with Crippen molar-refractivity contribution in [2.24, 2.45) is 5.41 Å². The highest BCUT2D eigenvalue weighted by molar-refractivity contribution is 5.92. The number of hydrogen-bond donors (Lipinski definition) is 5. The molecule has 1 aliphatic heterocycles. The van der Waals surface area contributed by atoms with E-state index in [-0.39, 0.29) is 12.2 Å². The third kappa shape index (κ3) is 4.42. The van der Waals surface area contributed by atoms with E-state index in [1.54, 1.807) is 13.8 Å². The lowest BCUT2D eigenvalue weighted by Crippen LogP contribution is -2.59. The van der Waals surface area contributed by atoms with Gasteiger partial charge in [-0.2, -0.15) is 0 Å². The average molecular weight is 388 g/mol. The van der Waals surface area contributed by atoms with E-state index < -0.39 is 54.4 Å². The zero-order chi connectivity index (χ0) is 20.6. The van der Waals surface area contributed by atoms with Gasteiger partial charge in [0.15, 0.2) is 12.1 Å². The minimum absolute atomic E-state index is 0.00667. The van der Waals surface area contributed by atoms with Crippen LogP contribution >= 0.6 is 0 Å². The number of hydrogen-bond acceptors (Lipinski definition) is 8. The molecular weight excluding hydrogens is 356 g/mol. The minimum atomic E-state index is -1.49. The third-order valence-electron chi connectivity index (χ3n) is 5.89. The molecule has 0 bridgehead atoms. The van der Waals surface area contributed by atoms with Crippen molar-refractivity contribution in [3.63, 3.8) is 0 Å². The van der Waals surface area contributed by atoms with Crippen molar-refractivity contribution in [2.45, 2.75) is 89.4 Å². The maximum absolute atomic E-state index is 11.8. The van der Waals surface area contributed by atoms with Gasteiger partial charge in [-0.25, -0.2) is 0 Å². The highest BCUT2D eigenvalue weighted by atomic mass is 16.7. The van der Waals surface area contributed by atoms with Gasteiger partial charge >= 0.3 is 0 Å². The molecule has 5 N–H and O–H groups in total. The first-order valence-corrected chi connectivity index (χ1v) is 9.33. The van der Waals surface area contributed by atoms with Crippen LogP contribution in [0.5, 0.6) is 0 Å². The molecule has 0 aromatic heterocycles. The Morgan fingerprint density at radius 3 is 2.44 bits per heavy atom. The van der Waals surface area contributed by atoms with Crippen LogP contribution in [0.1, 0.15) is 47.0 Å². The van der Waals surface area contributed by atoms with Gasteiger partial charge in [-0.05, 0) is 38.3 Å². The molecule has 1 fully saturated rings. The molecule has 0 amide bonds. The fraction of sp³-hybridized carbons (Fsp3) is 0.842. The number of ketones is 1. The Morgan fingerprint density at radius 1 is 1.26 bits per heavy atom. The van der Waals surface area contributed by atoms with Crippen molar-refractivity contribution in [1.82, 2.24) is 0 Å². The molecule has 0 radical (unpaired) electrons. The molecule has 7 atom stereocenters. The van der Waals surface area contributed by atoms with Crippen molar-refractivity contribution >= 4 is 5.78 Å². The topological polar surface area (TPSA) is 137 Å². The van der Waals surface area contributed by atoms with Gasteiger partial charge in [-0.1, -0.05) is 13.8 Å². The number of aliphatic hydroxyl groups is 5. The SMILES string of the molecule is CC1=CC(=O)CC(C)(C)[C@@]1(O)CC[C@@H](C)O[C@H]1O[C@@H](CO)[C@H](O)[C@@H](O)[C@@H]1O. The Labute approximate surface area is 159 Å². The molecule has 1 aliphatic carbocycles. The van der Waals surface area contributed by atoms with E-state index in [0.717, 1.165) is 0 Å². The van der Waals surface area contributed by atoms with Crippen LogP contribution in [0.2, 0.25) is 0 Å². The summed E-state index contributed by atoms with van der Waals surface area (Å²) in [6, 6.07) is 0. The molecule has 27 heavy (non-hydrogen) atoms. The molecule has 0 unspecified atom stereocenters. The number of ether oxygens (including phenoxy) is 2. The van der Waals surface area contributed by atoms with Gasteiger partial charge in [0.05, 0.1) is 18.3 Å². The molecule has 0 aromatic rings. The summed E-state index contributed by atoms with van der Waals surface area (Å²) in [7, 11) is 0. The molecular formula is C19H32O8. The van der Waals surface area contributed by atoms with E-state index in [1.165, 1.54) is 6.08 Å². The van der Waals surface area contributed by atoms with Gasteiger partial charge in [0.1, 0.15) is 24.4 Å². The minimum Gasteiger partial charge on any atom is -0.394 e. The summed E-state index contributed by atoms with van der Waals surface area (Å²) < 4.78 is 11.0. The number of carbonyl (C=O) groups is 1. The molecule has 2 aliphatic rings. The summed E-state index contributed by atoms with van der Waals surface area (Å²) in [5, 5.41) is 50.1. The molecule has 0 saturated carbocycles. The molecule has 1 heterocycles. The zero-order valence-corrected chi connectivity index (χ0v) is 16.3. The van der Waals surface area contributed by atoms with Crippen LogP contribution in [-0.2, 0) is 14.3 Å². The number of aliphatic hydroxyl groups excluding tert-OH is 4. The second-order valence-electron chi connectivity index (χ2n) is 8.40. The summed E-state index contributed by atoms with van der Waals surface area (Å²) in [5.74, 6) is -0.00667. The van der Waals surface area contributed by atoms with Crippen molar-refractivity contribution in [3.05, 3.63) is 11.6 Å². The van der Waals surface area contributed by atoms with E-state index in [2.05, 4.69) is 0 Å². The fourth-order valence-electron chi connectivity index (χ4n) is 3.95. The van der Waals surface area contributed by atoms with Crippen LogP contribution in [-0.4, -0.2) is 80.3 Å². The second kappa shape index (κ2) is 8.24. The molecule has 156 valence electrons.